The number of rotatable bonds is 6. The predicted octanol–water partition coefficient (Wildman–Crippen LogP) is 5.37. The van der Waals surface area contributed by atoms with Gasteiger partial charge in [-0.15, -0.1) is 6.42 Å². The van der Waals surface area contributed by atoms with Gasteiger partial charge in [0.1, 0.15) is 12.4 Å². The predicted molar refractivity (Wildman–Crippen MR) is 153 cm³/mol. The summed E-state index contributed by atoms with van der Waals surface area (Å²) < 4.78 is 55.6. The fourth-order valence-corrected chi connectivity index (χ4v) is 6.76. The van der Waals surface area contributed by atoms with Gasteiger partial charge in [-0.2, -0.15) is 13.2 Å². The molecule has 2 aromatic carbocycles. The minimum absolute atomic E-state index is 0.0571. The summed E-state index contributed by atoms with van der Waals surface area (Å²) in [5, 5.41) is 0.332. The van der Waals surface area contributed by atoms with Crippen LogP contribution < -0.4 is 19.6 Å². The Morgan fingerprint density at radius 2 is 2.03 bits per heavy atom. The van der Waals surface area contributed by atoms with E-state index in [4.69, 9.17) is 27.5 Å². The molecule has 0 fully saturated rings. The van der Waals surface area contributed by atoms with E-state index in [0.717, 1.165) is 15.9 Å². The van der Waals surface area contributed by atoms with Gasteiger partial charge in [0, 0.05) is 5.02 Å². The number of allylic oxidation sites excluding steroid dienone is 1. The zero-order valence-corrected chi connectivity index (χ0v) is 25.1. The number of halogens is 6. The number of hydrogen-bond donors (Lipinski definition) is 0. The van der Waals surface area contributed by atoms with Crippen molar-refractivity contribution < 1.29 is 27.4 Å². The normalized spacial score (nSPS) is 15.4. The lowest BCUT2D eigenvalue weighted by Gasteiger charge is -2.26. The highest BCUT2D eigenvalue weighted by Gasteiger charge is 2.45. The quantitative estimate of drug-likeness (QED) is 0.193. The molecule has 3 aromatic rings. The molecule has 0 amide bonds. The van der Waals surface area contributed by atoms with E-state index in [1.165, 1.54) is 37.3 Å². The molecule has 0 unspecified atom stereocenters. The van der Waals surface area contributed by atoms with Gasteiger partial charge in [0.25, 0.3) is 5.56 Å². The zero-order valence-electron chi connectivity index (χ0n) is 19.8. The number of esters is 1. The van der Waals surface area contributed by atoms with Crippen LogP contribution in [0.1, 0.15) is 24.1 Å². The first-order valence-corrected chi connectivity index (χ1v) is 14.1. The Balaban J connectivity index is 1.98. The number of terminal acetylenes is 1. The molecule has 6 nitrogen and oxygen atoms in total. The first-order valence-electron chi connectivity index (χ1n) is 11.1. The Morgan fingerprint density at radius 3 is 2.62 bits per heavy atom. The number of thiazole rings is 1. The van der Waals surface area contributed by atoms with Crippen LogP contribution >= 0.6 is 61.5 Å². The summed E-state index contributed by atoms with van der Waals surface area (Å²) >= 11 is 12.2. The minimum atomic E-state index is -4.99. The van der Waals surface area contributed by atoms with Crippen molar-refractivity contribution in [3.05, 3.63) is 91.5 Å². The minimum Gasteiger partial charge on any atom is -0.479 e. The van der Waals surface area contributed by atoms with E-state index in [-0.39, 0.29) is 28.1 Å². The Labute approximate surface area is 251 Å². The Bertz CT molecular complexity index is 1690. The molecule has 1 aliphatic heterocycles. The van der Waals surface area contributed by atoms with E-state index in [1.807, 2.05) is 22.6 Å². The molecule has 0 spiro atoms. The van der Waals surface area contributed by atoms with E-state index in [9.17, 15) is 22.8 Å². The molecule has 1 aliphatic rings. The van der Waals surface area contributed by atoms with Crippen molar-refractivity contribution in [2.75, 3.05) is 13.2 Å². The summed E-state index contributed by atoms with van der Waals surface area (Å²) in [4.78, 5) is 30.1. The molecule has 13 heteroatoms. The SMILES string of the molecule is C#CCOc1c(Br)cc(/C=c2\sc3n(c2=O)[C@@H](c2ccc(Cl)cc2)C(C(=O)OCC)=C(C(F)(F)F)N=3)cc1I. The van der Waals surface area contributed by atoms with Crippen LogP contribution in [-0.4, -0.2) is 29.9 Å². The number of carbonyl (C=O) groups is 1. The van der Waals surface area contributed by atoms with Gasteiger partial charge in [-0.05, 0) is 86.9 Å². The van der Waals surface area contributed by atoms with Crippen LogP contribution in [0.4, 0.5) is 13.2 Å². The van der Waals surface area contributed by atoms with Crippen LogP contribution in [0.3, 0.4) is 0 Å². The van der Waals surface area contributed by atoms with Gasteiger partial charge in [-0.25, -0.2) is 9.79 Å². The number of benzene rings is 2. The van der Waals surface area contributed by atoms with Gasteiger partial charge in [0.2, 0.25) is 0 Å². The summed E-state index contributed by atoms with van der Waals surface area (Å²) in [5.74, 6) is 1.68. The second-order valence-electron chi connectivity index (χ2n) is 7.92. The number of alkyl halides is 3. The van der Waals surface area contributed by atoms with Gasteiger partial charge < -0.3 is 9.47 Å². The van der Waals surface area contributed by atoms with Crippen molar-refractivity contribution in [3.8, 4) is 18.1 Å². The first-order chi connectivity index (χ1) is 18.5. The van der Waals surface area contributed by atoms with Crippen LogP contribution in [0.5, 0.6) is 5.75 Å². The molecule has 0 saturated heterocycles. The third kappa shape index (κ3) is 6.11. The molecule has 0 saturated carbocycles. The second-order valence-corrected chi connectivity index (χ2v) is 11.4. The van der Waals surface area contributed by atoms with Gasteiger partial charge in [0.15, 0.2) is 10.5 Å². The summed E-state index contributed by atoms with van der Waals surface area (Å²) in [6.45, 7) is 1.36. The molecular formula is C26H16BrClF3IN2O4S. The number of aromatic nitrogens is 1. The van der Waals surface area contributed by atoms with Crippen LogP contribution in [0.2, 0.25) is 5.02 Å². The highest BCUT2D eigenvalue weighted by atomic mass is 127. The summed E-state index contributed by atoms with van der Waals surface area (Å²) in [5.41, 5.74) is -2.01. The number of carbonyl (C=O) groups excluding carboxylic acids is 1. The zero-order chi connectivity index (χ0) is 28.5. The van der Waals surface area contributed by atoms with Gasteiger partial charge >= 0.3 is 12.1 Å². The monoisotopic (exact) mass is 750 g/mol. The molecule has 0 N–H and O–H groups in total. The van der Waals surface area contributed by atoms with Crippen LogP contribution in [0.15, 0.2) is 61.9 Å². The van der Waals surface area contributed by atoms with Crippen molar-refractivity contribution in [3.63, 3.8) is 0 Å². The molecule has 1 aromatic heterocycles. The lowest BCUT2D eigenvalue weighted by Crippen LogP contribution is -2.41. The smallest absolute Gasteiger partial charge is 0.434 e. The maximum atomic E-state index is 14.2. The largest absolute Gasteiger partial charge is 0.479 e. The van der Waals surface area contributed by atoms with E-state index < -0.39 is 35.0 Å². The molecule has 39 heavy (non-hydrogen) atoms. The van der Waals surface area contributed by atoms with Crippen molar-refractivity contribution in [2.45, 2.75) is 19.1 Å². The van der Waals surface area contributed by atoms with Crippen molar-refractivity contribution in [2.24, 2.45) is 4.99 Å². The maximum absolute atomic E-state index is 14.2. The fraction of sp³-hybridized carbons (Fsp3) is 0.192. The topological polar surface area (TPSA) is 69.9 Å². The third-order valence-electron chi connectivity index (χ3n) is 5.40. The summed E-state index contributed by atoms with van der Waals surface area (Å²) in [7, 11) is 0. The molecule has 202 valence electrons. The molecule has 0 aliphatic carbocycles. The first kappa shape index (κ1) is 29.4. The van der Waals surface area contributed by atoms with E-state index in [2.05, 4.69) is 26.8 Å². The average Bonchev–Trinajstić information content (AvgIpc) is 3.17. The van der Waals surface area contributed by atoms with E-state index in [0.29, 0.717) is 24.4 Å². The summed E-state index contributed by atoms with van der Waals surface area (Å²) in [6.07, 6.45) is 1.80. The van der Waals surface area contributed by atoms with E-state index in [1.54, 1.807) is 12.1 Å². The fourth-order valence-electron chi connectivity index (χ4n) is 3.87. The molecule has 2 heterocycles. The van der Waals surface area contributed by atoms with Crippen LogP contribution in [0.25, 0.3) is 6.08 Å². The van der Waals surface area contributed by atoms with Crippen molar-refractivity contribution >= 4 is 73.5 Å². The lowest BCUT2D eigenvalue weighted by molar-refractivity contribution is -0.140. The number of fused-ring (bicyclic) bond motifs is 1. The van der Waals surface area contributed by atoms with Crippen molar-refractivity contribution in [1.82, 2.24) is 4.57 Å². The lowest BCUT2D eigenvalue weighted by atomic mass is 9.95. The molecule has 4 rings (SSSR count). The van der Waals surface area contributed by atoms with Crippen LogP contribution in [0, 0.1) is 15.9 Å². The highest BCUT2D eigenvalue weighted by Crippen LogP contribution is 2.38. The number of hydrogen-bond acceptors (Lipinski definition) is 6. The van der Waals surface area contributed by atoms with Crippen molar-refractivity contribution in [1.29, 1.82) is 0 Å². The van der Waals surface area contributed by atoms with Crippen LogP contribution in [-0.2, 0) is 9.53 Å². The molecular weight excluding hydrogens is 736 g/mol. The third-order valence-corrected chi connectivity index (χ3v) is 8.02. The summed E-state index contributed by atoms with van der Waals surface area (Å²) in [6, 6.07) is 7.82. The number of ether oxygens (including phenoxy) is 2. The number of nitrogens with zero attached hydrogens (tertiary/aromatic N) is 2. The van der Waals surface area contributed by atoms with Gasteiger partial charge in [0.05, 0.1) is 30.8 Å². The average molecular weight is 752 g/mol. The highest BCUT2D eigenvalue weighted by molar-refractivity contribution is 14.1. The Hall–Kier alpha value is -2.60. The Kier molecular flexibility index (Phi) is 8.95. The standard InChI is InChI=1S/C26H16BrClF3IN2O4S/c1-3-9-38-21-16(27)10-13(11-17(21)32)12-18-23(35)34-20(14-5-7-15(28)8-6-14)19(24(36)37-4-2)22(26(29,30)31)33-25(34)39-18/h1,5-8,10-12,20H,4,9H2,2H3/b18-12-/t20-/m0/s1. The van der Waals surface area contributed by atoms with Gasteiger partial charge in [-0.1, -0.05) is 41.0 Å². The molecule has 0 radical (unpaired) electrons. The maximum Gasteiger partial charge on any atom is 0.434 e. The van der Waals surface area contributed by atoms with Gasteiger partial charge in [-0.3, -0.25) is 9.36 Å². The van der Waals surface area contributed by atoms with E-state index >= 15 is 0 Å². The Morgan fingerprint density at radius 1 is 1.33 bits per heavy atom. The second kappa shape index (κ2) is 11.9. The molecule has 0 bridgehead atoms. The molecule has 1 atom stereocenters.